The molecule has 0 saturated heterocycles. The Balaban J connectivity index is 1.58. The minimum atomic E-state index is -0.409. The van der Waals surface area contributed by atoms with Crippen molar-refractivity contribution in [3.8, 4) is 0 Å². The van der Waals surface area contributed by atoms with Gasteiger partial charge in [0.05, 0.1) is 5.69 Å². The highest BCUT2D eigenvalue weighted by molar-refractivity contribution is 8.14. The molecule has 0 saturated carbocycles. The number of carbonyl (C=O) groups is 1. The number of carbonyl (C=O) groups excluding carboxylic acids is 1. The zero-order chi connectivity index (χ0) is 21.6. The molecular formula is C22H19N5O3S. The number of hydrogen-bond acceptors (Lipinski definition) is 7. The summed E-state index contributed by atoms with van der Waals surface area (Å²) in [5, 5.41) is 16.5. The number of thioether (sulfide) groups is 1. The van der Waals surface area contributed by atoms with E-state index in [1.165, 1.54) is 9.58 Å². The van der Waals surface area contributed by atoms with Gasteiger partial charge in [-0.1, -0.05) is 65.0 Å². The maximum absolute atomic E-state index is 13.1. The fraction of sp³-hybridized carbons (Fsp3) is 0.136. The summed E-state index contributed by atoms with van der Waals surface area (Å²) in [6.07, 6.45) is 3.28. The molecule has 2 heterocycles. The van der Waals surface area contributed by atoms with E-state index >= 15 is 0 Å². The van der Waals surface area contributed by atoms with Gasteiger partial charge in [-0.15, -0.1) is 0 Å². The van der Waals surface area contributed by atoms with E-state index in [2.05, 4.69) is 15.3 Å². The van der Waals surface area contributed by atoms with E-state index in [1.807, 2.05) is 67.6 Å². The molecule has 31 heavy (non-hydrogen) atoms. The number of amidine groups is 1. The number of para-hydroxylation sites is 1. The Morgan fingerprint density at radius 3 is 2.58 bits per heavy atom. The molecule has 9 heteroatoms. The van der Waals surface area contributed by atoms with E-state index < -0.39 is 5.90 Å². The van der Waals surface area contributed by atoms with Crippen molar-refractivity contribution < 1.29 is 19.1 Å². The minimum Gasteiger partial charge on any atom is -0.861 e. The van der Waals surface area contributed by atoms with Gasteiger partial charge in [0, 0.05) is 5.75 Å². The second-order valence-electron chi connectivity index (χ2n) is 6.50. The number of benzene rings is 2. The van der Waals surface area contributed by atoms with Crippen LogP contribution in [0, 0.1) is 0 Å². The predicted molar refractivity (Wildman–Crippen MR) is 118 cm³/mol. The molecular weight excluding hydrogens is 414 g/mol. The molecule has 3 aromatic rings. The Morgan fingerprint density at radius 2 is 1.90 bits per heavy atom. The lowest BCUT2D eigenvalue weighted by Gasteiger charge is -2.18. The zero-order valence-corrected chi connectivity index (χ0v) is 17.5. The topological polar surface area (TPSA) is 98.0 Å². The van der Waals surface area contributed by atoms with Crippen LogP contribution in [0.3, 0.4) is 0 Å². The van der Waals surface area contributed by atoms with Gasteiger partial charge in [-0.25, -0.2) is 9.98 Å². The highest BCUT2D eigenvalue weighted by Crippen LogP contribution is 2.29. The van der Waals surface area contributed by atoms with Crippen LogP contribution in [0.25, 0.3) is 6.08 Å². The van der Waals surface area contributed by atoms with Crippen LogP contribution in [0.2, 0.25) is 0 Å². The number of anilines is 1. The molecule has 0 N–H and O–H groups in total. The first-order valence-corrected chi connectivity index (χ1v) is 10.6. The van der Waals surface area contributed by atoms with Crippen LogP contribution in [0.15, 0.2) is 87.1 Å². The van der Waals surface area contributed by atoms with E-state index in [0.29, 0.717) is 23.1 Å². The van der Waals surface area contributed by atoms with Gasteiger partial charge in [0.25, 0.3) is 12.1 Å². The van der Waals surface area contributed by atoms with Crippen LogP contribution >= 0.6 is 11.8 Å². The number of nitrogens with zero attached hydrogens (tertiary/aromatic N) is 5. The first-order chi connectivity index (χ1) is 15.1. The molecule has 0 spiro atoms. The summed E-state index contributed by atoms with van der Waals surface area (Å²) >= 11 is 1.15. The van der Waals surface area contributed by atoms with Crippen molar-refractivity contribution in [1.82, 2.24) is 5.27 Å². The van der Waals surface area contributed by atoms with Gasteiger partial charge in [-0.05, 0) is 36.6 Å². The number of aryl methyl sites for hydroxylation is 1. The van der Waals surface area contributed by atoms with Gasteiger partial charge in [0.2, 0.25) is 5.27 Å². The van der Waals surface area contributed by atoms with Crippen molar-refractivity contribution in [2.75, 3.05) is 10.7 Å². The first kappa shape index (κ1) is 20.5. The standard InChI is InChI=1S/C22H19N5O3S/c1-2-26-14-20(30-25-26)24-19(28)15-31-22-23-18(13-16-9-5-3-6-10-16)21(29)27(22)17-11-7-4-8-12-17/h3-14H,2,15H2,1H3/b18-13+. The van der Waals surface area contributed by atoms with Crippen LogP contribution in [-0.4, -0.2) is 28.0 Å². The van der Waals surface area contributed by atoms with Crippen LogP contribution in [0.4, 0.5) is 11.6 Å². The smallest absolute Gasteiger partial charge is 0.320 e. The highest BCUT2D eigenvalue weighted by Gasteiger charge is 2.31. The van der Waals surface area contributed by atoms with Crippen molar-refractivity contribution >= 4 is 46.4 Å². The largest absolute Gasteiger partial charge is 0.861 e. The molecule has 8 nitrogen and oxygen atoms in total. The van der Waals surface area contributed by atoms with Gasteiger partial charge in [0.1, 0.15) is 5.70 Å². The van der Waals surface area contributed by atoms with Gasteiger partial charge in [-0.3, -0.25) is 14.2 Å². The maximum atomic E-state index is 13.1. The summed E-state index contributed by atoms with van der Waals surface area (Å²) in [7, 11) is 0. The number of amides is 1. The van der Waals surface area contributed by atoms with E-state index in [1.54, 1.807) is 12.3 Å². The molecule has 2 aromatic carbocycles. The van der Waals surface area contributed by atoms with Gasteiger partial charge in [-0.2, -0.15) is 0 Å². The summed E-state index contributed by atoms with van der Waals surface area (Å²) in [6, 6.07) is 18.7. The average Bonchev–Trinajstić information content (AvgIpc) is 3.37. The fourth-order valence-electron chi connectivity index (χ4n) is 2.85. The quantitative estimate of drug-likeness (QED) is 0.258. The van der Waals surface area contributed by atoms with Crippen LogP contribution in [-0.2, 0) is 11.3 Å². The van der Waals surface area contributed by atoms with Crippen molar-refractivity contribution in [3.63, 3.8) is 0 Å². The third-order valence-electron chi connectivity index (χ3n) is 4.33. The van der Waals surface area contributed by atoms with Crippen LogP contribution in [0.5, 0.6) is 0 Å². The first-order valence-electron chi connectivity index (χ1n) is 9.63. The predicted octanol–water partition coefficient (Wildman–Crippen LogP) is 2.55. The number of rotatable bonds is 6. The third-order valence-corrected chi connectivity index (χ3v) is 5.25. The monoisotopic (exact) mass is 433 g/mol. The third kappa shape index (κ3) is 4.89. The average molecular weight is 433 g/mol. The van der Waals surface area contributed by atoms with E-state index in [-0.39, 0.29) is 17.5 Å². The van der Waals surface area contributed by atoms with Gasteiger partial charge < -0.3 is 5.11 Å². The lowest BCUT2D eigenvalue weighted by atomic mass is 10.2. The Bertz CT molecular complexity index is 1160. The molecule has 156 valence electrons. The Morgan fingerprint density at radius 1 is 1.19 bits per heavy atom. The Hall–Kier alpha value is -3.72. The van der Waals surface area contributed by atoms with E-state index in [4.69, 9.17) is 4.52 Å². The van der Waals surface area contributed by atoms with Crippen molar-refractivity contribution in [1.29, 1.82) is 0 Å². The Labute approximate surface area is 183 Å². The normalized spacial score (nSPS) is 15.6. The molecule has 1 amide bonds. The summed E-state index contributed by atoms with van der Waals surface area (Å²) < 4.78 is 6.54. The zero-order valence-electron chi connectivity index (χ0n) is 16.7. The summed E-state index contributed by atoms with van der Waals surface area (Å²) in [6.45, 7) is 2.52. The molecule has 1 aromatic heterocycles. The maximum Gasteiger partial charge on any atom is 0.320 e. The number of aromatic nitrogens is 2. The molecule has 0 radical (unpaired) electrons. The second kappa shape index (κ2) is 9.40. The van der Waals surface area contributed by atoms with E-state index in [9.17, 15) is 9.90 Å². The Kier molecular flexibility index (Phi) is 6.23. The highest BCUT2D eigenvalue weighted by atomic mass is 32.2. The SMILES string of the molecule is CC[n+]1cc(/N=C(/[O-])CSC2=N/C(=C/c3ccccc3)C(=O)N2c2ccccc2)on1. The van der Waals surface area contributed by atoms with Crippen molar-refractivity contribution in [2.24, 2.45) is 9.98 Å². The van der Waals surface area contributed by atoms with Crippen molar-refractivity contribution in [3.05, 3.63) is 78.1 Å². The summed E-state index contributed by atoms with van der Waals surface area (Å²) in [4.78, 5) is 23.0. The number of hydrogen-bond donors (Lipinski definition) is 0. The van der Waals surface area contributed by atoms with E-state index in [0.717, 1.165) is 17.3 Å². The molecule has 0 bridgehead atoms. The molecule has 1 aliphatic rings. The van der Waals surface area contributed by atoms with Gasteiger partial charge in [0.15, 0.2) is 11.7 Å². The molecule has 4 rings (SSSR count). The number of aliphatic imine (C=N–C) groups is 2. The lowest BCUT2D eigenvalue weighted by molar-refractivity contribution is -0.759. The molecule has 0 aliphatic carbocycles. The van der Waals surface area contributed by atoms with Crippen LogP contribution < -0.4 is 14.7 Å². The molecule has 0 fully saturated rings. The molecule has 0 unspecified atom stereocenters. The fourth-order valence-corrected chi connectivity index (χ4v) is 3.65. The second-order valence-corrected chi connectivity index (χ2v) is 7.44. The molecule has 1 aliphatic heterocycles. The molecule has 0 atom stereocenters. The van der Waals surface area contributed by atoms with Crippen LogP contribution in [0.1, 0.15) is 12.5 Å². The lowest BCUT2D eigenvalue weighted by Crippen LogP contribution is -2.32. The minimum absolute atomic E-state index is 0.000882. The van der Waals surface area contributed by atoms with Crippen molar-refractivity contribution in [2.45, 2.75) is 13.5 Å². The van der Waals surface area contributed by atoms with Gasteiger partial charge >= 0.3 is 5.88 Å². The summed E-state index contributed by atoms with van der Waals surface area (Å²) in [5.41, 5.74) is 1.86. The summed E-state index contributed by atoms with van der Waals surface area (Å²) in [5.74, 6) is -0.517.